The number of nitrogens with one attached hydrogen (secondary N) is 2. The smallest absolute Gasteiger partial charge is 0.135 e. The molecule has 0 radical (unpaired) electrons. The maximum atomic E-state index is 5.29. The lowest BCUT2D eigenvalue weighted by molar-refractivity contribution is 0.412. The van der Waals surface area contributed by atoms with Crippen LogP contribution in [0, 0.1) is 0 Å². The topological polar surface area (TPSA) is 49.9 Å². The van der Waals surface area contributed by atoms with Gasteiger partial charge in [-0.1, -0.05) is 0 Å². The van der Waals surface area contributed by atoms with Crippen LogP contribution in [0.25, 0.3) is 0 Å². The third-order valence-corrected chi connectivity index (χ3v) is 3.88. The van der Waals surface area contributed by atoms with Crippen LogP contribution in [0.1, 0.15) is 18.7 Å². The van der Waals surface area contributed by atoms with Crippen LogP contribution in [0.2, 0.25) is 0 Å². The molecular formula is C12H13Br2N3O. The molecule has 6 heteroatoms. The molecule has 2 aromatic rings. The zero-order valence-electron chi connectivity index (χ0n) is 10.00. The van der Waals surface area contributed by atoms with Crippen LogP contribution < -0.4 is 10.1 Å². The Morgan fingerprint density at radius 3 is 2.72 bits per heavy atom. The lowest BCUT2D eigenvalue weighted by Crippen LogP contribution is -2.07. The molecule has 0 aliphatic rings. The Morgan fingerprint density at radius 2 is 2.11 bits per heavy atom. The van der Waals surface area contributed by atoms with Gasteiger partial charge in [-0.3, -0.25) is 5.10 Å². The summed E-state index contributed by atoms with van der Waals surface area (Å²) in [5.41, 5.74) is 2.00. The second-order valence-corrected chi connectivity index (χ2v) is 5.55. The minimum Gasteiger partial charge on any atom is -0.495 e. The standard InChI is InChI=1S/C12H13Br2N3O/c1-7(10-3-4-15-17-10)16-11-6-12(18-2)9(14)5-8(11)13/h3-7,16H,1-2H3,(H,15,17). The number of rotatable bonds is 4. The Bertz CT molecular complexity index is 528. The molecule has 1 heterocycles. The average Bonchev–Trinajstić information content (AvgIpc) is 2.86. The highest BCUT2D eigenvalue weighted by atomic mass is 79.9. The Morgan fingerprint density at radius 1 is 1.33 bits per heavy atom. The summed E-state index contributed by atoms with van der Waals surface area (Å²) in [6.45, 7) is 2.06. The summed E-state index contributed by atoms with van der Waals surface area (Å²) in [6, 6.07) is 5.98. The number of halogens is 2. The fourth-order valence-corrected chi connectivity index (χ4v) is 2.89. The number of anilines is 1. The summed E-state index contributed by atoms with van der Waals surface area (Å²) in [5, 5.41) is 10.3. The van der Waals surface area contributed by atoms with E-state index in [2.05, 4.69) is 54.3 Å². The second kappa shape index (κ2) is 5.75. The number of hydrogen-bond donors (Lipinski definition) is 2. The van der Waals surface area contributed by atoms with Crippen molar-refractivity contribution in [2.75, 3.05) is 12.4 Å². The van der Waals surface area contributed by atoms with Crippen LogP contribution in [0.4, 0.5) is 5.69 Å². The monoisotopic (exact) mass is 373 g/mol. The zero-order valence-corrected chi connectivity index (χ0v) is 13.2. The summed E-state index contributed by atoms with van der Waals surface area (Å²) in [4.78, 5) is 0. The van der Waals surface area contributed by atoms with Gasteiger partial charge in [0.25, 0.3) is 0 Å². The molecule has 0 aliphatic heterocycles. The van der Waals surface area contributed by atoms with Crippen LogP contribution in [0.5, 0.6) is 5.75 Å². The summed E-state index contributed by atoms with van der Waals surface area (Å²) < 4.78 is 7.17. The highest BCUT2D eigenvalue weighted by molar-refractivity contribution is 9.11. The number of nitrogens with zero attached hydrogens (tertiary/aromatic N) is 1. The van der Waals surface area contributed by atoms with Gasteiger partial charge in [0.2, 0.25) is 0 Å². The van der Waals surface area contributed by atoms with Gasteiger partial charge in [0.1, 0.15) is 5.75 Å². The van der Waals surface area contributed by atoms with E-state index in [4.69, 9.17) is 4.74 Å². The van der Waals surface area contributed by atoms with E-state index in [1.54, 1.807) is 13.3 Å². The van der Waals surface area contributed by atoms with Gasteiger partial charge in [-0.25, -0.2) is 0 Å². The summed E-state index contributed by atoms with van der Waals surface area (Å²) in [5.74, 6) is 0.789. The molecule has 1 aromatic heterocycles. The molecule has 0 spiro atoms. The number of H-pyrrole nitrogens is 1. The van der Waals surface area contributed by atoms with Gasteiger partial charge in [-0.05, 0) is 50.9 Å². The van der Waals surface area contributed by atoms with E-state index in [0.717, 1.165) is 26.1 Å². The molecule has 96 valence electrons. The number of hydrogen-bond acceptors (Lipinski definition) is 3. The Hall–Kier alpha value is -1.01. The predicted molar refractivity (Wildman–Crippen MR) is 79.0 cm³/mol. The van der Waals surface area contributed by atoms with Crippen molar-refractivity contribution < 1.29 is 4.74 Å². The van der Waals surface area contributed by atoms with Gasteiger partial charge in [0, 0.05) is 16.7 Å². The lowest BCUT2D eigenvalue weighted by atomic mass is 10.2. The Labute approximate surface area is 122 Å². The molecule has 1 unspecified atom stereocenters. The summed E-state index contributed by atoms with van der Waals surface area (Å²) in [6.07, 6.45) is 1.74. The number of aromatic nitrogens is 2. The van der Waals surface area contributed by atoms with Crippen LogP contribution in [0.3, 0.4) is 0 Å². The number of methoxy groups -OCH3 is 1. The third kappa shape index (κ3) is 2.87. The molecule has 1 aromatic carbocycles. The van der Waals surface area contributed by atoms with Crippen molar-refractivity contribution in [3.05, 3.63) is 39.0 Å². The van der Waals surface area contributed by atoms with E-state index < -0.39 is 0 Å². The minimum absolute atomic E-state index is 0.134. The van der Waals surface area contributed by atoms with Gasteiger partial charge in [0.05, 0.1) is 29.0 Å². The molecule has 1 atom stereocenters. The molecule has 2 N–H and O–H groups in total. The van der Waals surface area contributed by atoms with Crippen molar-refractivity contribution in [1.29, 1.82) is 0 Å². The Balaban J connectivity index is 2.23. The third-order valence-electron chi connectivity index (χ3n) is 2.60. The molecule has 0 amide bonds. The number of benzene rings is 1. The van der Waals surface area contributed by atoms with E-state index in [0.29, 0.717) is 0 Å². The quantitative estimate of drug-likeness (QED) is 0.846. The molecule has 18 heavy (non-hydrogen) atoms. The van der Waals surface area contributed by atoms with E-state index in [-0.39, 0.29) is 6.04 Å². The van der Waals surface area contributed by atoms with Gasteiger partial charge in [-0.15, -0.1) is 0 Å². The first-order chi connectivity index (χ1) is 8.61. The largest absolute Gasteiger partial charge is 0.495 e. The maximum Gasteiger partial charge on any atom is 0.135 e. The fourth-order valence-electron chi connectivity index (χ4n) is 1.61. The molecule has 2 rings (SSSR count). The normalized spacial score (nSPS) is 12.2. The summed E-state index contributed by atoms with van der Waals surface area (Å²) >= 11 is 6.98. The zero-order chi connectivity index (χ0) is 13.1. The van der Waals surface area contributed by atoms with Crippen LogP contribution >= 0.6 is 31.9 Å². The second-order valence-electron chi connectivity index (χ2n) is 3.84. The van der Waals surface area contributed by atoms with Gasteiger partial charge >= 0.3 is 0 Å². The molecule has 0 saturated heterocycles. The molecule has 0 saturated carbocycles. The van der Waals surface area contributed by atoms with Gasteiger partial charge in [0.15, 0.2) is 0 Å². The maximum absolute atomic E-state index is 5.29. The first-order valence-corrected chi connectivity index (χ1v) is 6.99. The molecule has 0 bridgehead atoms. The van der Waals surface area contributed by atoms with E-state index in [9.17, 15) is 0 Å². The van der Waals surface area contributed by atoms with Crippen molar-refractivity contribution in [2.45, 2.75) is 13.0 Å². The minimum atomic E-state index is 0.134. The molecule has 4 nitrogen and oxygen atoms in total. The Kier molecular flexibility index (Phi) is 4.29. The van der Waals surface area contributed by atoms with Crippen molar-refractivity contribution in [1.82, 2.24) is 10.2 Å². The fraction of sp³-hybridized carbons (Fsp3) is 0.250. The number of ether oxygens (including phenoxy) is 1. The highest BCUT2D eigenvalue weighted by Gasteiger charge is 2.11. The predicted octanol–water partition coefficient (Wildman–Crippen LogP) is 4.12. The van der Waals surface area contributed by atoms with Crippen molar-refractivity contribution in [3.63, 3.8) is 0 Å². The van der Waals surface area contributed by atoms with Gasteiger partial charge in [-0.2, -0.15) is 5.10 Å². The first-order valence-electron chi connectivity index (χ1n) is 5.40. The van der Waals surface area contributed by atoms with E-state index in [1.165, 1.54) is 0 Å². The molecular weight excluding hydrogens is 362 g/mol. The van der Waals surface area contributed by atoms with Gasteiger partial charge < -0.3 is 10.1 Å². The highest BCUT2D eigenvalue weighted by Crippen LogP contribution is 2.35. The van der Waals surface area contributed by atoms with Crippen LogP contribution in [0.15, 0.2) is 33.3 Å². The average molecular weight is 375 g/mol. The summed E-state index contributed by atoms with van der Waals surface area (Å²) in [7, 11) is 1.65. The van der Waals surface area contributed by atoms with Crippen molar-refractivity contribution in [2.24, 2.45) is 0 Å². The van der Waals surface area contributed by atoms with E-state index in [1.807, 2.05) is 18.2 Å². The molecule has 0 aliphatic carbocycles. The number of aromatic amines is 1. The first kappa shape index (κ1) is 13.4. The van der Waals surface area contributed by atoms with E-state index >= 15 is 0 Å². The van der Waals surface area contributed by atoms with Crippen molar-refractivity contribution in [3.8, 4) is 5.75 Å². The molecule has 0 fully saturated rings. The van der Waals surface area contributed by atoms with Crippen LogP contribution in [-0.4, -0.2) is 17.3 Å². The van der Waals surface area contributed by atoms with Crippen molar-refractivity contribution >= 4 is 37.5 Å². The lowest BCUT2D eigenvalue weighted by Gasteiger charge is -2.16. The SMILES string of the molecule is COc1cc(NC(C)c2ccn[nH]2)c(Br)cc1Br. The van der Waals surface area contributed by atoms with Crippen LogP contribution in [-0.2, 0) is 0 Å².